The van der Waals surface area contributed by atoms with Gasteiger partial charge in [0.2, 0.25) is 0 Å². The highest BCUT2D eigenvalue weighted by Gasteiger charge is 2.40. The van der Waals surface area contributed by atoms with Gasteiger partial charge < -0.3 is 14.8 Å². The van der Waals surface area contributed by atoms with Gasteiger partial charge in [-0.05, 0) is 26.3 Å². The average Bonchev–Trinajstić information content (AvgIpc) is 2.36. The fourth-order valence-electron chi connectivity index (χ4n) is 2.68. The molecular formula is C14H27NO2. The summed E-state index contributed by atoms with van der Waals surface area (Å²) in [6, 6.07) is 0.411. The summed E-state index contributed by atoms with van der Waals surface area (Å²) >= 11 is 0. The number of allylic oxidation sites excluding steroid dienone is 1. The van der Waals surface area contributed by atoms with E-state index in [1.54, 1.807) is 0 Å². The highest BCUT2D eigenvalue weighted by Crippen LogP contribution is 2.31. The second-order valence-electron chi connectivity index (χ2n) is 4.59. The fourth-order valence-corrected chi connectivity index (χ4v) is 2.68. The standard InChI is InChI=1S/C14H27NO2/c1-4-7-8-13(15-5-2)14(17-6-3)9-11-16-12-10-14/h4,13,15H,1,5-12H2,2-3H3. The van der Waals surface area contributed by atoms with Crippen LogP contribution in [0.5, 0.6) is 0 Å². The predicted molar refractivity (Wildman–Crippen MR) is 71.3 cm³/mol. The van der Waals surface area contributed by atoms with Gasteiger partial charge in [0.25, 0.3) is 0 Å². The largest absolute Gasteiger partial charge is 0.381 e. The Hall–Kier alpha value is -0.380. The lowest BCUT2D eigenvalue weighted by atomic mass is 9.83. The molecule has 1 fully saturated rings. The van der Waals surface area contributed by atoms with Crippen LogP contribution in [-0.2, 0) is 9.47 Å². The molecule has 1 atom stereocenters. The zero-order valence-electron chi connectivity index (χ0n) is 11.3. The summed E-state index contributed by atoms with van der Waals surface area (Å²) in [5.41, 5.74) is -0.0357. The van der Waals surface area contributed by atoms with E-state index in [2.05, 4.69) is 25.7 Å². The third kappa shape index (κ3) is 4.09. The molecule has 0 bridgehead atoms. The first-order valence-electron chi connectivity index (χ1n) is 6.85. The molecule has 3 nitrogen and oxygen atoms in total. The normalized spacial score (nSPS) is 21.1. The second-order valence-corrected chi connectivity index (χ2v) is 4.59. The van der Waals surface area contributed by atoms with Gasteiger partial charge in [-0.3, -0.25) is 0 Å². The summed E-state index contributed by atoms with van der Waals surface area (Å²) in [6.07, 6.45) is 6.11. The Morgan fingerprint density at radius 2 is 2.12 bits per heavy atom. The Bertz CT molecular complexity index is 207. The van der Waals surface area contributed by atoms with E-state index in [-0.39, 0.29) is 5.60 Å². The van der Waals surface area contributed by atoms with Crippen molar-refractivity contribution in [3.63, 3.8) is 0 Å². The van der Waals surface area contributed by atoms with E-state index in [4.69, 9.17) is 9.47 Å². The first kappa shape index (κ1) is 14.7. The summed E-state index contributed by atoms with van der Waals surface area (Å²) in [4.78, 5) is 0. The molecule has 0 spiro atoms. The maximum absolute atomic E-state index is 6.11. The first-order valence-corrected chi connectivity index (χ1v) is 6.85. The summed E-state index contributed by atoms with van der Waals surface area (Å²) in [7, 11) is 0. The molecule has 1 heterocycles. The maximum Gasteiger partial charge on any atom is 0.0878 e. The van der Waals surface area contributed by atoms with E-state index < -0.39 is 0 Å². The summed E-state index contributed by atoms with van der Waals surface area (Å²) in [5.74, 6) is 0. The molecule has 0 saturated carbocycles. The molecule has 1 unspecified atom stereocenters. The van der Waals surface area contributed by atoms with E-state index in [0.717, 1.165) is 52.0 Å². The first-order chi connectivity index (χ1) is 8.29. The van der Waals surface area contributed by atoms with Gasteiger partial charge in [-0.25, -0.2) is 0 Å². The van der Waals surface area contributed by atoms with Gasteiger partial charge in [0.1, 0.15) is 0 Å². The van der Waals surface area contributed by atoms with E-state index in [1.807, 2.05) is 6.08 Å². The highest BCUT2D eigenvalue weighted by atomic mass is 16.5. The lowest BCUT2D eigenvalue weighted by molar-refractivity contribution is -0.127. The van der Waals surface area contributed by atoms with Crippen LogP contribution in [0.4, 0.5) is 0 Å². The highest BCUT2D eigenvalue weighted by molar-refractivity contribution is 4.96. The lowest BCUT2D eigenvalue weighted by Crippen LogP contribution is -2.55. The zero-order valence-corrected chi connectivity index (χ0v) is 11.3. The van der Waals surface area contributed by atoms with Crippen LogP contribution in [0.1, 0.15) is 39.5 Å². The summed E-state index contributed by atoms with van der Waals surface area (Å²) < 4.78 is 11.6. The van der Waals surface area contributed by atoms with Gasteiger partial charge >= 0.3 is 0 Å². The van der Waals surface area contributed by atoms with Crippen molar-refractivity contribution < 1.29 is 9.47 Å². The van der Waals surface area contributed by atoms with Crippen LogP contribution < -0.4 is 5.32 Å². The Morgan fingerprint density at radius 1 is 1.41 bits per heavy atom. The van der Waals surface area contributed by atoms with Crippen molar-refractivity contribution in [3.8, 4) is 0 Å². The zero-order chi connectivity index (χ0) is 12.6. The molecule has 0 aromatic carbocycles. The minimum atomic E-state index is -0.0357. The number of hydrogen-bond donors (Lipinski definition) is 1. The van der Waals surface area contributed by atoms with E-state index in [0.29, 0.717) is 6.04 Å². The van der Waals surface area contributed by atoms with Crippen LogP contribution in [0.2, 0.25) is 0 Å². The SMILES string of the molecule is C=CCCC(NCC)C1(OCC)CCOCC1. The third-order valence-electron chi connectivity index (χ3n) is 3.52. The quantitative estimate of drug-likeness (QED) is 0.662. The van der Waals surface area contributed by atoms with E-state index >= 15 is 0 Å². The molecule has 1 N–H and O–H groups in total. The molecule has 100 valence electrons. The van der Waals surface area contributed by atoms with Gasteiger partial charge in [0.15, 0.2) is 0 Å². The Kier molecular flexibility index (Phi) is 6.78. The van der Waals surface area contributed by atoms with Crippen LogP contribution in [0.15, 0.2) is 12.7 Å². The van der Waals surface area contributed by atoms with Gasteiger partial charge in [-0.15, -0.1) is 6.58 Å². The van der Waals surface area contributed by atoms with Crippen molar-refractivity contribution in [1.82, 2.24) is 5.32 Å². The number of nitrogens with one attached hydrogen (secondary N) is 1. The lowest BCUT2D eigenvalue weighted by Gasteiger charge is -2.43. The number of likely N-dealkylation sites (N-methyl/N-ethyl adjacent to an activating group) is 1. The number of ether oxygens (including phenoxy) is 2. The molecule has 0 aromatic rings. The summed E-state index contributed by atoms with van der Waals surface area (Å²) in [5, 5.41) is 3.58. The molecule has 0 radical (unpaired) electrons. The van der Waals surface area contributed by atoms with Crippen LogP contribution in [-0.4, -0.2) is 38.0 Å². The maximum atomic E-state index is 6.11. The minimum absolute atomic E-state index is 0.0357. The van der Waals surface area contributed by atoms with Crippen molar-refractivity contribution in [2.24, 2.45) is 0 Å². The van der Waals surface area contributed by atoms with Gasteiger partial charge in [0, 0.05) is 38.7 Å². The molecule has 1 rings (SSSR count). The predicted octanol–water partition coefficient (Wildman–Crippen LogP) is 2.52. The Balaban J connectivity index is 2.70. The van der Waals surface area contributed by atoms with Crippen molar-refractivity contribution in [3.05, 3.63) is 12.7 Å². The molecule has 1 aliphatic heterocycles. The van der Waals surface area contributed by atoms with Crippen LogP contribution in [0.3, 0.4) is 0 Å². The second kappa shape index (κ2) is 7.85. The molecule has 0 amide bonds. The third-order valence-corrected chi connectivity index (χ3v) is 3.52. The van der Waals surface area contributed by atoms with Crippen LogP contribution in [0, 0.1) is 0 Å². The average molecular weight is 241 g/mol. The topological polar surface area (TPSA) is 30.5 Å². The van der Waals surface area contributed by atoms with Crippen molar-refractivity contribution >= 4 is 0 Å². The van der Waals surface area contributed by atoms with Gasteiger partial charge in [0.05, 0.1) is 5.60 Å². The molecule has 17 heavy (non-hydrogen) atoms. The minimum Gasteiger partial charge on any atom is -0.381 e. The molecule has 1 saturated heterocycles. The van der Waals surface area contributed by atoms with Crippen LogP contribution >= 0.6 is 0 Å². The van der Waals surface area contributed by atoms with Gasteiger partial charge in [-0.2, -0.15) is 0 Å². The number of rotatable bonds is 8. The van der Waals surface area contributed by atoms with E-state index in [1.165, 1.54) is 0 Å². The van der Waals surface area contributed by atoms with Gasteiger partial charge in [-0.1, -0.05) is 13.0 Å². The van der Waals surface area contributed by atoms with Crippen molar-refractivity contribution in [1.29, 1.82) is 0 Å². The van der Waals surface area contributed by atoms with Crippen LogP contribution in [0.25, 0.3) is 0 Å². The molecule has 3 heteroatoms. The smallest absolute Gasteiger partial charge is 0.0878 e. The fraction of sp³-hybridized carbons (Fsp3) is 0.857. The van der Waals surface area contributed by atoms with Crippen molar-refractivity contribution in [2.75, 3.05) is 26.4 Å². The molecular weight excluding hydrogens is 214 g/mol. The molecule has 1 aliphatic rings. The molecule has 0 aliphatic carbocycles. The Labute approximate surface area is 106 Å². The summed E-state index contributed by atoms with van der Waals surface area (Å²) in [6.45, 7) is 11.4. The number of hydrogen-bond acceptors (Lipinski definition) is 3. The Morgan fingerprint density at radius 3 is 2.65 bits per heavy atom. The monoisotopic (exact) mass is 241 g/mol. The van der Waals surface area contributed by atoms with Crippen molar-refractivity contribution in [2.45, 2.75) is 51.2 Å². The van der Waals surface area contributed by atoms with E-state index in [9.17, 15) is 0 Å². The molecule has 0 aromatic heterocycles.